The molecule has 0 saturated carbocycles. The third-order valence-electron chi connectivity index (χ3n) is 3.07. The molecule has 0 spiro atoms. The Bertz CT molecular complexity index is 420. The van der Waals surface area contributed by atoms with Crippen molar-refractivity contribution in [1.29, 1.82) is 5.26 Å². The van der Waals surface area contributed by atoms with Crippen molar-refractivity contribution in [3.8, 4) is 6.07 Å². The topological polar surface area (TPSA) is 53.0 Å². The third kappa shape index (κ3) is 2.17. The van der Waals surface area contributed by atoms with Gasteiger partial charge in [-0.15, -0.1) is 0 Å². The van der Waals surface area contributed by atoms with Gasteiger partial charge in [-0.3, -0.25) is 0 Å². The van der Waals surface area contributed by atoms with Crippen LogP contribution in [0, 0.1) is 18.3 Å². The summed E-state index contributed by atoms with van der Waals surface area (Å²) in [6, 6.07) is 8.53. The first-order chi connectivity index (χ1) is 7.70. The number of hydrogen-bond donors (Lipinski definition) is 1. The Balaban J connectivity index is 2.29. The molecule has 0 aromatic heterocycles. The maximum atomic E-state index is 9.13. The second-order valence-electron chi connectivity index (χ2n) is 4.48. The van der Waals surface area contributed by atoms with Crippen LogP contribution in [-0.4, -0.2) is 19.1 Å². The van der Waals surface area contributed by atoms with Crippen LogP contribution in [0.1, 0.15) is 24.0 Å². The molecule has 1 unspecified atom stereocenters. The maximum absolute atomic E-state index is 9.13. The Morgan fingerprint density at radius 3 is 3.00 bits per heavy atom. The standard InChI is InChI=1S/C13H17N3/c1-10-4-5-13(11(7-10)8-14)16-6-2-3-12(15)9-16/h4-5,7,12H,2-3,6,9,15H2,1H3. The van der Waals surface area contributed by atoms with Gasteiger partial charge in [0.1, 0.15) is 6.07 Å². The summed E-state index contributed by atoms with van der Waals surface area (Å²) in [6.45, 7) is 3.87. The molecule has 1 aliphatic rings. The first-order valence-electron chi connectivity index (χ1n) is 5.72. The largest absolute Gasteiger partial charge is 0.369 e. The lowest BCUT2D eigenvalue weighted by Crippen LogP contribution is -2.43. The summed E-state index contributed by atoms with van der Waals surface area (Å²) < 4.78 is 0. The smallest absolute Gasteiger partial charge is 0.101 e. The lowest BCUT2D eigenvalue weighted by atomic mass is 10.0. The minimum absolute atomic E-state index is 0.238. The highest BCUT2D eigenvalue weighted by Crippen LogP contribution is 2.24. The molecular weight excluding hydrogens is 198 g/mol. The first kappa shape index (κ1) is 11.0. The predicted molar refractivity (Wildman–Crippen MR) is 65.3 cm³/mol. The van der Waals surface area contributed by atoms with Crippen molar-refractivity contribution in [2.75, 3.05) is 18.0 Å². The van der Waals surface area contributed by atoms with Crippen molar-refractivity contribution in [1.82, 2.24) is 0 Å². The molecule has 2 N–H and O–H groups in total. The maximum Gasteiger partial charge on any atom is 0.101 e. The van der Waals surface area contributed by atoms with Crippen LogP contribution in [0.3, 0.4) is 0 Å². The van der Waals surface area contributed by atoms with E-state index in [1.54, 1.807) is 0 Å². The van der Waals surface area contributed by atoms with Crippen molar-refractivity contribution < 1.29 is 0 Å². The van der Waals surface area contributed by atoms with E-state index in [2.05, 4.69) is 17.0 Å². The quantitative estimate of drug-likeness (QED) is 0.777. The van der Waals surface area contributed by atoms with E-state index in [0.29, 0.717) is 0 Å². The zero-order chi connectivity index (χ0) is 11.5. The summed E-state index contributed by atoms with van der Waals surface area (Å²) in [5, 5.41) is 9.13. The molecule has 1 aromatic carbocycles. The highest BCUT2D eigenvalue weighted by atomic mass is 15.1. The fourth-order valence-electron chi connectivity index (χ4n) is 2.24. The van der Waals surface area contributed by atoms with Crippen molar-refractivity contribution in [2.45, 2.75) is 25.8 Å². The van der Waals surface area contributed by atoms with E-state index in [0.717, 1.165) is 42.7 Å². The Morgan fingerprint density at radius 2 is 2.31 bits per heavy atom. The minimum atomic E-state index is 0.238. The van der Waals surface area contributed by atoms with E-state index in [-0.39, 0.29) is 6.04 Å². The van der Waals surface area contributed by atoms with Gasteiger partial charge in [0.05, 0.1) is 11.3 Å². The summed E-state index contributed by atoms with van der Waals surface area (Å²) in [5.74, 6) is 0. The molecule has 0 amide bonds. The molecular formula is C13H17N3. The summed E-state index contributed by atoms with van der Waals surface area (Å²) in [7, 11) is 0. The summed E-state index contributed by atoms with van der Waals surface area (Å²) in [6.07, 6.45) is 2.20. The molecule has 0 bridgehead atoms. The molecule has 1 aliphatic heterocycles. The highest BCUT2D eigenvalue weighted by molar-refractivity contribution is 5.60. The average Bonchev–Trinajstić information content (AvgIpc) is 2.28. The summed E-state index contributed by atoms with van der Waals surface area (Å²) in [5.41, 5.74) is 8.88. The molecule has 1 heterocycles. The molecule has 84 valence electrons. The van der Waals surface area contributed by atoms with E-state index >= 15 is 0 Å². The van der Waals surface area contributed by atoms with Crippen molar-refractivity contribution in [2.24, 2.45) is 5.73 Å². The van der Waals surface area contributed by atoms with Crippen LogP contribution in [0.15, 0.2) is 18.2 Å². The van der Waals surface area contributed by atoms with Crippen LogP contribution in [-0.2, 0) is 0 Å². The lowest BCUT2D eigenvalue weighted by molar-refractivity contribution is 0.506. The van der Waals surface area contributed by atoms with Crippen LogP contribution in [0.4, 0.5) is 5.69 Å². The van der Waals surface area contributed by atoms with E-state index in [4.69, 9.17) is 11.0 Å². The molecule has 2 rings (SSSR count). The molecule has 1 atom stereocenters. The fraction of sp³-hybridized carbons (Fsp3) is 0.462. The predicted octanol–water partition coefficient (Wildman–Crippen LogP) is 1.79. The van der Waals surface area contributed by atoms with Gasteiger partial charge in [-0.1, -0.05) is 6.07 Å². The Kier molecular flexibility index (Phi) is 3.12. The van der Waals surface area contributed by atoms with Gasteiger partial charge in [0, 0.05) is 19.1 Å². The van der Waals surface area contributed by atoms with E-state index in [9.17, 15) is 0 Å². The average molecular weight is 215 g/mol. The fourth-order valence-corrected chi connectivity index (χ4v) is 2.24. The SMILES string of the molecule is Cc1ccc(N2CCCC(N)C2)c(C#N)c1. The third-order valence-corrected chi connectivity index (χ3v) is 3.07. The lowest BCUT2D eigenvalue weighted by Gasteiger charge is -2.33. The van der Waals surface area contributed by atoms with Gasteiger partial charge in [0.2, 0.25) is 0 Å². The first-order valence-corrected chi connectivity index (χ1v) is 5.72. The van der Waals surface area contributed by atoms with Gasteiger partial charge in [-0.2, -0.15) is 5.26 Å². The minimum Gasteiger partial charge on any atom is -0.369 e. The van der Waals surface area contributed by atoms with Crippen LogP contribution in [0.2, 0.25) is 0 Å². The molecule has 3 nitrogen and oxygen atoms in total. The van der Waals surface area contributed by atoms with E-state index < -0.39 is 0 Å². The van der Waals surface area contributed by atoms with Gasteiger partial charge < -0.3 is 10.6 Å². The molecule has 16 heavy (non-hydrogen) atoms. The summed E-state index contributed by atoms with van der Waals surface area (Å²) >= 11 is 0. The number of piperidine rings is 1. The highest BCUT2D eigenvalue weighted by Gasteiger charge is 2.18. The normalized spacial score (nSPS) is 20.6. The van der Waals surface area contributed by atoms with Gasteiger partial charge in [-0.25, -0.2) is 0 Å². The van der Waals surface area contributed by atoms with E-state index in [1.807, 2.05) is 19.1 Å². The number of hydrogen-bond acceptors (Lipinski definition) is 3. The molecule has 0 radical (unpaired) electrons. The Morgan fingerprint density at radius 1 is 1.50 bits per heavy atom. The van der Waals surface area contributed by atoms with Gasteiger partial charge in [0.25, 0.3) is 0 Å². The van der Waals surface area contributed by atoms with Crippen LogP contribution in [0.25, 0.3) is 0 Å². The molecule has 1 saturated heterocycles. The monoisotopic (exact) mass is 215 g/mol. The molecule has 1 aromatic rings. The number of nitriles is 1. The zero-order valence-electron chi connectivity index (χ0n) is 9.61. The van der Waals surface area contributed by atoms with Gasteiger partial charge >= 0.3 is 0 Å². The van der Waals surface area contributed by atoms with Crippen LogP contribution in [0.5, 0.6) is 0 Å². The van der Waals surface area contributed by atoms with Crippen LogP contribution >= 0.6 is 0 Å². The number of rotatable bonds is 1. The van der Waals surface area contributed by atoms with Crippen molar-refractivity contribution >= 4 is 5.69 Å². The second-order valence-corrected chi connectivity index (χ2v) is 4.48. The molecule has 1 fully saturated rings. The Hall–Kier alpha value is -1.53. The number of aryl methyl sites for hydroxylation is 1. The van der Waals surface area contributed by atoms with Gasteiger partial charge in [0.15, 0.2) is 0 Å². The summed E-state index contributed by atoms with van der Waals surface area (Å²) in [4.78, 5) is 2.23. The zero-order valence-corrected chi connectivity index (χ0v) is 9.61. The van der Waals surface area contributed by atoms with Gasteiger partial charge in [-0.05, 0) is 37.5 Å². The number of nitrogens with zero attached hydrogens (tertiary/aromatic N) is 2. The van der Waals surface area contributed by atoms with Crippen LogP contribution < -0.4 is 10.6 Å². The van der Waals surface area contributed by atoms with E-state index in [1.165, 1.54) is 0 Å². The molecule has 0 aliphatic carbocycles. The number of benzene rings is 1. The molecule has 3 heteroatoms. The Labute approximate surface area is 96.5 Å². The number of anilines is 1. The van der Waals surface area contributed by atoms with Crippen molar-refractivity contribution in [3.05, 3.63) is 29.3 Å². The second kappa shape index (κ2) is 4.54. The number of nitrogens with two attached hydrogens (primary N) is 1. The van der Waals surface area contributed by atoms with Crippen molar-refractivity contribution in [3.63, 3.8) is 0 Å².